The van der Waals surface area contributed by atoms with E-state index < -0.39 is 0 Å². The lowest BCUT2D eigenvalue weighted by Crippen LogP contribution is -2.30. The second-order valence-electron chi connectivity index (χ2n) is 5.24. The summed E-state index contributed by atoms with van der Waals surface area (Å²) in [6, 6.07) is 13.8. The molecule has 0 unspecified atom stereocenters. The zero-order valence-corrected chi connectivity index (χ0v) is 14.2. The molecular weight excluding hydrogens is 304 g/mol. The Morgan fingerprint density at radius 3 is 2.25 bits per heavy atom. The number of nitrogens with one attached hydrogen (secondary N) is 1. The maximum absolute atomic E-state index is 12.3. The van der Waals surface area contributed by atoms with Crippen LogP contribution in [0, 0.1) is 0 Å². The van der Waals surface area contributed by atoms with E-state index in [-0.39, 0.29) is 11.8 Å². The van der Waals surface area contributed by atoms with Crippen molar-refractivity contribution in [3.63, 3.8) is 0 Å². The summed E-state index contributed by atoms with van der Waals surface area (Å²) in [6.45, 7) is 5.24. The molecule has 0 fully saturated rings. The Balaban J connectivity index is 2.08. The Kier molecular flexibility index (Phi) is 5.95. The van der Waals surface area contributed by atoms with Gasteiger partial charge in [-0.2, -0.15) is 0 Å². The van der Waals surface area contributed by atoms with Crippen molar-refractivity contribution in [2.24, 2.45) is 0 Å². The van der Waals surface area contributed by atoms with Gasteiger partial charge >= 0.3 is 0 Å². The van der Waals surface area contributed by atoms with Crippen LogP contribution in [0.15, 0.2) is 48.5 Å². The van der Waals surface area contributed by atoms with Gasteiger partial charge in [0.25, 0.3) is 11.8 Å². The lowest BCUT2D eigenvalue weighted by Gasteiger charge is -2.18. The SMILES string of the molecule is CCN(CC)C(=O)c1ccc(NC(=O)c2cccc(OC)c2)cc1. The Bertz CT molecular complexity index is 707. The Morgan fingerprint density at radius 2 is 1.67 bits per heavy atom. The lowest BCUT2D eigenvalue weighted by atomic mass is 10.1. The summed E-state index contributed by atoms with van der Waals surface area (Å²) < 4.78 is 5.12. The highest BCUT2D eigenvalue weighted by atomic mass is 16.5. The van der Waals surface area contributed by atoms with Crippen molar-refractivity contribution < 1.29 is 14.3 Å². The number of amides is 2. The van der Waals surface area contributed by atoms with E-state index in [0.29, 0.717) is 35.7 Å². The van der Waals surface area contributed by atoms with Gasteiger partial charge in [0.2, 0.25) is 0 Å². The summed E-state index contributed by atoms with van der Waals surface area (Å²) in [5.41, 5.74) is 1.76. The molecule has 0 atom stereocenters. The number of benzene rings is 2. The molecule has 0 aliphatic carbocycles. The van der Waals surface area contributed by atoms with E-state index in [1.54, 1.807) is 60.5 Å². The first-order chi connectivity index (χ1) is 11.6. The maximum Gasteiger partial charge on any atom is 0.255 e. The lowest BCUT2D eigenvalue weighted by molar-refractivity contribution is 0.0773. The molecule has 0 aromatic heterocycles. The van der Waals surface area contributed by atoms with Gasteiger partial charge in [-0.3, -0.25) is 9.59 Å². The Labute approximate surface area is 142 Å². The summed E-state index contributed by atoms with van der Waals surface area (Å²) in [7, 11) is 1.56. The molecule has 2 aromatic rings. The minimum atomic E-state index is -0.225. The molecule has 0 aliphatic rings. The fourth-order valence-electron chi connectivity index (χ4n) is 2.36. The predicted octanol–water partition coefficient (Wildman–Crippen LogP) is 3.43. The molecule has 2 amide bonds. The van der Waals surface area contributed by atoms with Gasteiger partial charge in [-0.05, 0) is 56.3 Å². The van der Waals surface area contributed by atoms with E-state index in [2.05, 4.69) is 5.32 Å². The molecule has 1 N–H and O–H groups in total. The third kappa shape index (κ3) is 4.13. The smallest absolute Gasteiger partial charge is 0.255 e. The van der Waals surface area contributed by atoms with Crippen LogP contribution < -0.4 is 10.1 Å². The molecule has 0 radical (unpaired) electrons. The Morgan fingerprint density at radius 1 is 1.00 bits per heavy atom. The van der Waals surface area contributed by atoms with E-state index in [4.69, 9.17) is 4.74 Å². The average Bonchev–Trinajstić information content (AvgIpc) is 2.63. The fourth-order valence-corrected chi connectivity index (χ4v) is 2.36. The number of methoxy groups -OCH3 is 1. The van der Waals surface area contributed by atoms with Crippen LogP contribution in [0.1, 0.15) is 34.6 Å². The number of anilines is 1. The largest absolute Gasteiger partial charge is 0.497 e. The zero-order valence-electron chi connectivity index (χ0n) is 14.2. The van der Waals surface area contributed by atoms with Gasteiger partial charge in [-0.25, -0.2) is 0 Å². The van der Waals surface area contributed by atoms with E-state index in [9.17, 15) is 9.59 Å². The molecule has 0 spiro atoms. The first-order valence-electron chi connectivity index (χ1n) is 7.93. The molecule has 0 aliphatic heterocycles. The van der Waals surface area contributed by atoms with Crippen molar-refractivity contribution >= 4 is 17.5 Å². The van der Waals surface area contributed by atoms with Crippen LogP contribution in [0.2, 0.25) is 0 Å². The van der Waals surface area contributed by atoms with Crippen LogP contribution in [-0.2, 0) is 0 Å². The van der Waals surface area contributed by atoms with Crippen molar-refractivity contribution in [1.29, 1.82) is 0 Å². The predicted molar refractivity (Wildman–Crippen MR) is 94.6 cm³/mol. The standard InChI is InChI=1S/C19H22N2O3/c1-4-21(5-2)19(23)14-9-11-16(12-10-14)20-18(22)15-7-6-8-17(13-15)24-3/h6-13H,4-5H2,1-3H3,(H,20,22). The molecule has 0 bridgehead atoms. The normalized spacial score (nSPS) is 10.1. The highest BCUT2D eigenvalue weighted by Gasteiger charge is 2.12. The molecule has 126 valence electrons. The highest BCUT2D eigenvalue weighted by molar-refractivity contribution is 6.04. The third-order valence-electron chi connectivity index (χ3n) is 3.77. The van der Waals surface area contributed by atoms with Crippen molar-refractivity contribution in [1.82, 2.24) is 4.90 Å². The number of carbonyl (C=O) groups is 2. The second kappa shape index (κ2) is 8.15. The van der Waals surface area contributed by atoms with Crippen molar-refractivity contribution in [2.45, 2.75) is 13.8 Å². The molecule has 0 saturated heterocycles. The summed E-state index contributed by atoms with van der Waals surface area (Å²) in [5.74, 6) is 0.394. The van der Waals surface area contributed by atoms with Gasteiger partial charge in [0.1, 0.15) is 5.75 Å². The van der Waals surface area contributed by atoms with Crippen molar-refractivity contribution in [2.75, 3.05) is 25.5 Å². The molecule has 2 rings (SSSR count). The second-order valence-corrected chi connectivity index (χ2v) is 5.24. The van der Waals surface area contributed by atoms with Gasteiger partial charge in [0, 0.05) is 29.9 Å². The zero-order chi connectivity index (χ0) is 17.5. The maximum atomic E-state index is 12.3. The average molecular weight is 326 g/mol. The third-order valence-corrected chi connectivity index (χ3v) is 3.77. The molecule has 0 heterocycles. The summed E-state index contributed by atoms with van der Waals surface area (Å²) in [6.07, 6.45) is 0. The van der Waals surface area contributed by atoms with Crippen LogP contribution in [0.5, 0.6) is 5.75 Å². The van der Waals surface area contributed by atoms with Gasteiger partial charge in [-0.15, -0.1) is 0 Å². The van der Waals surface area contributed by atoms with Crippen LogP contribution in [-0.4, -0.2) is 36.9 Å². The molecule has 24 heavy (non-hydrogen) atoms. The van der Waals surface area contributed by atoms with Crippen LogP contribution >= 0.6 is 0 Å². The van der Waals surface area contributed by atoms with E-state index >= 15 is 0 Å². The first-order valence-corrected chi connectivity index (χ1v) is 7.93. The number of hydrogen-bond acceptors (Lipinski definition) is 3. The summed E-state index contributed by atoms with van der Waals surface area (Å²) >= 11 is 0. The monoisotopic (exact) mass is 326 g/mol. The summed E-state index contributed by atoms with van der Waals surface area (Å²) in [5, 5.41) is 2.81. The molecular formula is C19H22N2O3. The molecule has 0 saturated carbocycles. The molecule has 2 aromatic carbocycles. The number of nitrogens with zero attached hydrogens (tertiary/aromatic N) is 1. The van der Waals surface area contributed by atoms with Gasteiger partial charge < -0.3 is 15.0 Å². The van der Waals surface area contributed by atoms with Gasteiger partial charge in [0.15, 0.2) is 0 Å². The number of carbonyl (C=O) groups excluding carboxylic acids is 2. The minimum Gasteiger partial charge on any atom is -0.497 e. The van der Waals surface area contributed by atoms with Crippen LogP contribution in [0.3, 0.4) is 0 Å². The van der Waals surface area contributed by atoms with E-state index in [0.717, 1.165) is 0 Å². The fraction of sp³-hybridized carbons (Fsp3) is 0.263. The van der Waals surface area contributed by atoms with E-state index in [1.807, 2.05) is 13.8 Å². The van der Waals surface area contributed by atoms with E-state index in [1.165, 1.54) is 0 Å². The van der Waals surface area contributed by atoms with Crippen LogP contribution in [0.4, 0.5) is 5.69 Å². The van der Waals surface area contributed by atoms with Crippen molar-refractivity contribution in [3.8, 4) is 5.75 Å². The molecule has 5 nitrogen and oxygen atoms in total. The van der Waals surface area contributed by atoms with Crippen LogP contribution in [0.25, 0.3) is 0 Å². The minimum absolute atomic E-state index is 0.00864. The molecule has 5 heteroatoms. The first kappa shape index (κ1) is 17.5. The number of hydrogen-bond donors (Lipinski definition) is 1. The highest BCUT2D eigenvalue weighted by Crippen LogP contribution is 2.16. The Hall–Kier alpha value is -2.82. The number of rotatable bonds is 6. The van der Waals surface area contributed by atoms with Crippen molar-refractivity contribution in [3.05, 3.63) is 59.7 Å². The number of ether oxygens (including phenoxy) is 1. The van der Waals surface area contributed by atoms with Gasteiger partial charge in [0.05, 0.1) is 7.11 Å². The van der Waals surface area contributed by atoms with Gasteiger partial charge in [-0.1, -0.05) is 6.07 Å². The quantitative estimate of drug-likeness (QED) is 0.885. The topological polar surface area (TPSA) is 58.6 Å². The summed E-state index contributed by atoms with van der Waals surface area (Å²) in [4.78, 5) is 26.3.